The number of nitrogens with one attached hydrogen (secondary N) is 3. The summed E-state index contributed by atoms with van der Waals surface area (Å²) in [6.45, 7) is 2.18. The molecule has 4 rings (SSSR count). The lowest BCUT2D eigenvalue weighted by molar-refractivity contribution is -0.141. The predicted octanol–water partition coefficient (Wildman–Crippen LogP) is 3.50. The van der Waals surface area contributed by atoms with Crippen molar-refractivity contribution >= 4 is 28.5 Å². The lowest BCUT2D eigenvalue weighted by Gasteiger charge is -2.27. The summed E-state index contributed by atoms with van der Waals surface area (Å²) in [4.78, 5) is 35.8. The van der Waals surface area contributed by atoms with Crippen molar-refractivity contribution in [3.05, 3.63) is 41.6 Å². The fraction of sp³-hybridized carbons (Fsp3) is 0.455. The van der Waals surface area contributed by atoms with Gasteiger partial charge in [0.05, 0.1) is 0 Å². The van der Waals surface area contributed by atoms with E-state index in [0.717, 1.165) is 37.9 Å². The van der Waals surface area contributed by atoms with Gasteiger partial charge in [0.25, 0.3) is 5.91 Å². The Morgan fingerprint density at radius 2 is 1.91 bits per heavy atom. The maximum Gasteiger partial charge on any atom is 0.433 e. The number of ketones is 1. The number of rotatable bonds is 7. The molecule has 3 aromatic rings. The van der Waals surface area contributed by atoms with Crippen LogP contribution in [-0.2, 0) is 17.5 Å². The van der Waals surface area contributed by atoms with Gasteiger partial charge >= 0.3 is 6.18 Å². The molecule has 0 aliphatic heterocycles. The molecular formula is C22H24F3N7O2. The average Bonchev–Trinajstić information content (AvgIpc) is 3.24. The van der Waals surface area contributed by atoms with Crippen molar-refractivity contribution in [1.29, 1.82) is 0 Å². The van der Waals surface area contributed by atoms with Gasteiger partial charge in [-0.3, -0.25) is 19.7 Å². The van der Waals surface area contributed by atoms with Crippen LogP contribution >= 0.6 is 0 Å². The molecule has 1 aliphatic carbocycles. The Labute approximate surface area is 193 Å². The summed E-state index contributed by atoms with van der Waals surface area (Å²) in [5.41, 5.74) is 0.0436. The number of pyridine rings is 1. The molecule has 0 aromatic carbocycles. The highest BCUT2D eigenvalue weighted by atomic mass is 19.4. The molecule has 9 nitrogen and oxygen atoms in total. The molecule has 0 bridgehead atoms. The Morgan fingerprint density at radius 1 is 1.15 bits per heavy atom. The van der Waals surface area contributed by atoms with Crippen molar-refractivity contribution in [2.75, 3.05) is 11.9 Å². The van der Waals surface area contributed by atoms with Crippen LogP contribution in [0.3, 0.4) is 0 Å². The van der Waals surface area contributed by atoms with E-state index in [0.29, 0.717) is 29.3 Å². The third-order valence-electron chi connectivity index (χ3n) is 6.11. The van der Waals surface area contributed by atoms with Crippen LogP contribution in [0.5, 0.6) is 0 Å². The Morgan fingerprint density at radius 3 is 2.62 bits per heavy atom. The van der Waals surface area contributed by atoms with E-state index in [9.17, 15) is 22.8 Å². The first-order chi connectivity index (χ1) is 16.2. The summed E-state index contributed by atoms with van der Waals surface area (Å²) in [5, 5.41) is 12.8. The normalized spacial score (nSPS) is 18.6. The number of H-pyrrole nitrogens is 1. The van der Waals surface area contributed by atoms with E-state index in [1.165, 1.54) is 12.4 Å². The number of hydrogen-bond acceptors (Lipinski definition) is 7. The summed E-state index contributed by atoms with van der Waals surface area (Å²) < 4.78 is 38.5. The molecule has 0 unspecified atom stereocenters. The Balaban J connectivity index is 1.39. The fourth-order valence-corrected chi connectivity index (χ4v) is 4.15. The zero-order chi connectivity index (χ0) is 24.3. The number of amides is 1. The van der Waals surface area contributed by atoms with Gasteiger partial charge in [0.1, 0.15) is 28.8 Å². The minimum atomic E-state index is -4.56. The monoisotopic (exact) mass is 475 g/mol. The van der Waals surface area contributed by atoms with Crippen LogP contribution in [0.2, 0.25) is 0 Å². The van der Waals surface area contributed by atoms with Gasteiger partial charge in [-0.25, -0.2) is 9.97 Å². The summed E-state index contributed by atoms with van der Waals surface area (Å²) in [6.07, 6.45) is 1.40. The third-order valence-corrected chi connectivity index (χ3v) is 6.11. The second kappa shape index (κ2) is 9.74. The third kappa shape index (κ3) is 5.32. The molecule has 3 aromatic heterocycles. The molecule has 0 radical (unpaired) electrons. The van der Waals surface area contributed by atoms with Crippen molar-refractivity contribution in [3.63, 3.8) is 0 Å². The first kappa shape index (κ1) is 23.6. The molecule has 12 heteroatoms. The van der Waals surface area contributed by atoms with Gasteiger partial charge in [0.15, 0.2) is 11.5 Å². The molecule has 1 amide bonds. The number of fused-ring (bicyclic) bond motifs is 1. The molecule has 0 atom stereocenters. The molecule has 1 aliphatic rings. The predicted molar refractivity (Wildman–Crippen MR) is 117 cm³/mol. The Bertz CT molecular complexity index is 1190. The molecule has 3 N–H and O–H groups in total. The van der Waals surface area contributed by atoms with Crippen LogP contribution in [0, 0.1) is 11.8 Å². The summed E-state index contributed by atoms with van der Waals surface area (Å²) >= 11 is 0. The van der Waals surface area contributed by atoms with Crippen LogP contribution in [0.1, 0.15) is 54.4 Å². The van der Waals surface area contributed by atoms with Gasteiger partial charge in [0, 0.05) is 25.2 Å². The second-order valence-electron chi connectivity index (χ2n) is 8.46. The summed E-state index contributed by atoms with van der Waals surface area (Å²) in [7, 11) is 0. The van der Waals surface area contributed by atoms with Crippen LogP contribution in [0.15, 0.2) is 24.7 Å². The minimum absolute atomic E-state index is 0.0395. The van der Waals surface area contributed by atoms with E-state index in [2.05, 4.69) is 35.8 Å². The molecule has 1 saturated carbocycles. The number of Topliss-reactive ketones (excluding diaryl/α,β-unsaturated/α-hetero) is 1. The maximum absolute atomic E-state index is 12.8. The van der Waals surface area contributed by atoms with Gasteiger partial charge in [-0.05, 0) is 56.2 Å². The van der Waals surface area contributed by atoms with E-state index in [4.69, 9.17) is 0 Å². The van der Waals surface area contributed by atoms with Crippen LogP contribution in [-0.4, -0.2) is 43.4 Å². The number of aromatic amines is 1. The van der Waals surface area contributed by atoms with Crippen molar-refractivity contribution in [1.82, 2.24) is 30.5 Å². The molecule has 0 saturated heterocycles. The largest absolute Gasteiger partial charge is 0.433 e. The molecule has 34 heavy (non-hydrogen) atoms. The van der Waals surface area contributed by atoms with E-state index in [1.54, 1.807) is 6.92 Å². The van der Waals surface area contributed by atoms with Crippen molar-refractivity contribution < 1.29 is 22.8 Å². The van der Waals surface area contributed by atoms with Gasteiger partial charge in [-0.15, -0.1) is 0 Å². The number of aromatic nitrogens is 5. The van der Waals surface area contributed by atoms with Crippen molar-refractivity contribution in [3.8, 4) is 0 Å². The van der Waals surface area contributed by atoms with E-state index >= 15 is 0 Å². The number of nitrogens with zero attached hydrogens (tertiary/aromatic N) is 4. The highest BCUT2D eigenvalue weighted by molar-refractivity contribution is 6.04. The maximum atomic E-state index is 12.8. The Hall–Kier alpha value is -3.57. The zero-order valence-corrected chi connectivity index (χ0v) is 18.4. The van der Waals surface area contributed by atoms with Crippen LogP contribution < -0.4 is 10.6 Å². The average molecular weight is 475 g/mol. The van der Waals surface area contributed by atoms with Gasteiger partial charge in [0.2, 0.25) is 0 Å². The zero-order valence-electron chi connectivity index (χ0n) is 18.4. The fourth-order valence-electron chi connectivity index (χ4n) is 4.15. The number of alkyl halides is 3. The van der Waals surface area contributed by atoms with E-state index in [1.807, 2.05) is 0 Å². The number of halogens is 3. The lowest BCUT2D eigenvalue weighted by Crippen LogP contribution is -2.25. The molecule has 1 fully saturated rings. The number of carbonyl (C=O) groups excluding carboxylic acids is 2. The first-order valence-electron chi connectivity index (χ1n) is 11.0. The lowest BCUT2D eigenvalue weighted by atomic mass is 9.80. The van der Waals surface area contributed by atoms with E-state index in [-0.39, 0.29) is 29.5 Å². The molecular weight excluding hydrogens is 451 g/mol. The molecule has 3 heterocycles. The minimum Gasteiger partial charge on any atom is -0.367 e. The van der Waals surface area contributed by atoms with Crippen molar-refractivity contribution in [2.24, 2.45) is 11.8 Å². The number of hydrogen-bond donors (Lipinski definition) is 3. The van der Waals surface area contributed by atoms with Gasteiger partial charge in [-0.2, -0.15) is 18.3 Å². The molecule has 180 valence electrons. The first-order valence-corrected chi connectivity index (χ1v) is 11.0. The highest BCUT2D eigenvalue weighted by Gasteiger charge is 2.32. The summed E-state index contributed by atoms with van der Waals surface area (Å²) in [6, 6.07) is 2.28. The Kier molecular flexibility index (Phi) is 6.75. The van der Waals surface area contributed by atoms with Gasteiger partial charge in [-0.1, -0.05) is 0 Å². The topological polar surface area (TPSA) is 126 Å². The second-order valence-corrected chi connectivity index (χ2v) is 8.46. The SMILES string of the molecule is CC(=O)C1CCC(CNc2n[nH]c3c(C(=O)NCc4ccnc(C(F)(F)F)c4)ncnc23)CC1. The molecule has 0 spiro atoms. The van der Waals surface area contributed by atoms with Crippen LogP contribution in [0.4, 0.5) is 19.0 Å². The summed E-state index contributed by atoms with van der Waals surface area (Å²) in [5.74, 6) is 0.730. The number of anilines is 1. The number of carbonyl (C=O) groups is 2. The van der Waals surface area contributed by atoms with Crippen LogP contribution in [0.25, 0.3) is 11.0 Å². The smallest absolute Gasteiger partial charge is 0.367 e. The quantitative estimate of drug-likeness (QED) is 0.478. The highest BCUT2D eigenvalue weighted by Crippen LogP contribution is 2.30. The van der Waals surface area contributed by atoms with Gasteiger partial charge < -0.3 is 10.6 Å². The standard InChI is InChI=1S/C22H24F3N7O2/c1-12(33)15-4-2-13(3-5-15)9-27-20-18-17(31-32-20)19(30-11-29-18)21(34)28-10-14-6-7-26-16(8-14)22(23,24)25/h6-8,11,13,15H,2-5,9-10H2,1H3,(H,28,34)(H2,27,31,32). The van der Waals surface area contributed by atoms with Crippen molar-refractivity contribution in [2.45, 2.75) is 45.3 Å². The van der Waals surface area contributed by atoms with E-state index < -0.39 is 17.8 Å².